The molecule has 0 radical (unpaired) electrons. The van der Waals surface area contributed by atoms with Gasteiger partial charge in [0.15, 0.2) is 0 Å². The van der Waals surface area contributed by atoms with Gasteiger partial charge in [-0.3, -0.25) is 4.79 Å². The summed E-state index contributed by atoms with van der Waals surface area (Å²) in [4.78, 5) is 10.5. The average Bonchev–Trinajstić information content (AvgIpc) is 1.93. The third-order valence-corrected chi connectivity index (χ3v) is 2.35. The summed E-state index contributed by atoms with van der Waals surface area (Å²) in [7, 11) is 0. The van der Waals surface area contributed by atoms with Gasteiger partial charge in [0.2, 0.25) is 0 Å². The number of carbonyl (C=O) groups is 1. The second-order valence-electron chi connectivity index (χ2n) is 4.99. The summed E-state index contributed by atoms with van der Waals surface area (Å²) in [6.45, 7) is 5.98. The Kier molecular flexibility index (Phi) is 3.77. The summed E-state index contributed by atoms with van der Waals surface area (Å²) >= 11 is 0. The molecule has 0 unspecified atom stereocenters. The van der Waals surface area contributed by atoms with Gasteiger partial charge >= 0.3 is 5.97 Å². The first-order valence-electron chi connectivity index (χ1n) is 5.50. The van der Waals surface area contributed by atoms with E-state index in [2.05, 4.69) is 0 Å². The molecule has 1 fully saturated rings. The Morgan fingerprint density at radius 1 is 1.33 bits per heavy atom. The third-order valence-electron chi connectivity index (χ3n) is 2.35. The zero-order chi connectivity index (χ0) is 11.5. The number of aliphatic carboxylic acids is 1. The van der Waals surface area contributed by atoms with E-state index in [0.717, 1.165) is 18.6 Å². The predicted molar refractivity (Wildman–Crippen MR) is 58.6 cm³/mol. The van der Waals surface area contributed by atoms with Crippen molar-refractivity contribution >= 4 is 5.97 Å². The fourth-order valence-electron chi connectivity index (χ4n) is 1.52. The minimum atomic E-state index is -0.759. The van der Waals surface area contributed by atoms with E-state index in [9.17, 15) is 4.79 Å². The van der Waals surface area contributed by atoms with Crippen LogP contribution in [0.2, 0.25) is 0 Å². The number of hydrogen-bond donors (Lipinski definition) is 1. The zero-order valence-electron chi connectivity index (χ0n) is 9.80. The Hall–Kier alpha value is -0.990. The van der Waals surface area contributed by atoms with Gasteiger partial charge < -0.3 is 9.84 Å². The molecule has 15 heavy (non-hydrogen) atoms. The van der Waals surface area contributed by atoms with E-state index in [1.807, 2.05) is 20.8 Å². The fraction of sp³-hybridized carbons (Fsp3) is 0.750. The summed E-state index contributed by atoms with van der Waals surface area (Å²) < 4.78 is 5.81. The molecule has 3 nitrogen and oxygen atoms in total. The topological polar surface area (TPSA) is 46.5 Å². The van der Waals surface area contributed by atoms with E-state index >= 15 is 0 Å². The number of rotatable bonds is 4. The van der Waals surface area contributed by atoms with Crippen molar-refractivity contribution in [3.63, 3.8) is 0 Å². The van der Waals surface area contributed by atoms with Crippen molar-refractivity contribution in [2.75, 3.05) is 0 Å². The van der Waals surface area contributed by atoms with Crippen LogP contribution in [0, 0.1) is 0 Å². The molecule has 0 saturated heterocycles. The number of hydrogen-bond acceptors (Lipinski definition) is 2. The highest BCUT2D eigenvalue weighted by molar-refractivity contribution is 5.67. The molecule has 0 aromatic carbocycles. The largest absolute Gasteiger partial charge is 0.493 e. The van der Waals surface area contributed by atoms with Crippen LogP contribution in [-0.4, -0.2) is 16.7 Å². The van der Waals surface area contributed by atoms with Crippen LogP contribution >= 0.6 is 0 Å². The molecule has 0 aliphatic heterocycles. The minimum Gasteiger partial charge on any atom is -0.493 e. The summed E-state index contributed by atoms with van der Waals surface area (Å²) in [5, 5.41) is 8.66. The molecule has 1 aliphatic carbocycles. The van der Waals surface area contributed by atoms with Crippen LogP contribution in [0.15, 0.2) is 11.3 Å². The van der Waals surface area contributed by atoms with Gasteiger partial charge in [-0.15, -0.1) is 0 Å². The normalized spacial score (nSPS) is 15.8. The van der Waals surface area contributed by atoms with Crippen molar-refractivity contribution in [2.24, 2.45) is 0 Å². The van der Waals surface area contributed by atoms with Crippen molar-refractivity contribution in [1.29, 1.82) is 0 Å². The van der Waals surface area contributed by atoms with E-state index in [1.165, 1.54) is 12.0 Å². The number of carboxylic acids is 1. The molecule has 0 amide bonds. The van der Waals surface area contributed by atoms with Gasteiger partial charge in [-0.1, -0.05) is 0 Å². The summed E-state index contributed by atoms with van der Waals surface area (Å²) in [6.07, 6.45) is 4.05. The highest BCUT2D eigenvalue weighted by atomic mass is 16.5. The first kappa shape index (κ1) is 12.1. The van der Waals surface area contributed by atoms with Crippen LogP contribution in [0.4, 0.5) is 0 Å². The lowest BCUT2D eigenvalue weighted by atomic mass is 9.90. The average molecular weight is 212 g/mol. The molecule has 0 spiro atoms. The Morgan fingerprint density at radius 2 is 1.93 bits per heavy atom. The highest BCUT2D eigenvalue weighted by Gasteiger charge is 2.21. The number of carboxylic acid groups (broad SMARTS) is 1. The smallest absolute Gasteiger partial charge is 0.303 e. The van der Waals surface area contributed by atoms with Crippen LogP contribution < -0.4 is 0 Å². The molecule has 3 heteroatoms. The van der Waals surface area contributed by atoms with E-state index < -0.39 is 5.97 Å². The molecule has 0 bridgehead atoms. The maximum Gasteiger partial charge on any atom is 0.303 e. The maximum absolute atomic E-state index is 10.5. The van der Waals surface area contributed by atoms with Crippen LogP contribution in [-0.2, 0) is 9.53 Å². The van der Waals surface area contributed by atoms with Crippen molar-refractivity contribution in [3.05, 3.63) is 11.3 Å². The van der Waals surface area contributed by atoms with Gasteiger partial charge in [-0.25, -0.2) is 0 Å². The number of allylic oxidation sites excluding steroid dienone is 2. The maximum atomic E-state index is 10.5. The molecule has 1 N–H and O–H groups in total. The molecule has 0 aromatic heterocycles. The van der Waals surface area contributed by atoms with Crippen molar-refractivity contribution in [1.82, 2.24) is 0 Å². The first-order chi connectivity index (χ1) is 6.88. The van der Waals surface area contributed by atoms with Gasteiger partial charge in [0, 0.05) is 6.42 Å². The quantitative estimate of drug-likeness (QED) is 0.728. The molecule has 1 rings (SSSR count). The Labute approximate surface area is 91.1 Å². The van der Waals surface area contributed by atoms with Crippen LogP contribution in [0.3, 0.4) is 0 Å². The zero-order valence-corrected chi connectivity index (χ0v) is 9.80. The van der Waals surface area contributed by atoms with Gasteiger partial charge in [0.1, 0.15) is 5.60 Å². The number of ether oxygens (including phenoxy) is 1. The van der Waals surface area contributed by atoms with Crippen LogP contribution in [0.1, 0.15) is 52.9 Å². The summed E-state index contributed by atoms with van der Waals surface area (Å²) in [6, 6.07) is 0. The second kappa shape index (κ2) is 4.69. The highest BCUT2D eigenvalue weighted by Crippen LogP contribution is 2.33. The van der Waals surface area contributed by atoms with Gasteiger partial charge in [-0.05, 0) is 45.6 Å². The van der Waals surface area contributed by atoms with Crippen molar-refractivity contribution < 1.29 is 14.6 Å². The first-order valence-corrected chi connectivity index (χ1v) is 5.50. The molecular formula is C12H20O3. The van der Waals surface area contributed by atoms with Crippen LogP contribution in [0.25, 0.3) is 0 Å². The molecule has 0 heterocycles. The molecule has 0 atom stereocenters. The van der Waals surface area contributed by atoms with Gasteiger partial charge in [0.25, 0.3) is 0 Å². The van der Waals surface area contributed by atoms with E-state index in [0.29, 0.717) is 6.42 Å². The molecule has 0 aromatic rings. The van der Waals surface area contributed by atoms with E-state index in [1.54, 1.807) is 0 Å². The van der Waals surface area contributed by atoms with Crippen LogP contribution in [0.5, 0.6) is 0 Å². The third kappa shape index (κ3) is 4.36. The van der Waals surface area contributed by atoms with Gasteiger partial charge in [-0.2, -0.15) is 0 Å². The minimum absolute atomic E-state index is 0.162. The van der Waals surface area contributed by atoms with Crippen molar-refractivity contribution in [2.45, 2.75) is 58.5 Å². The predicted octanol–water partition coefficient (Wildman–Crippen LogP) is 3.10. The summed E-state index contributed by atoms with van der Waals surface area (Å²) in [5.41, 5.74) is 1.09. The second-order valence-corrected chi connectivity index (χ2v) is 4.99. The lowest BCUT2D eigenvalue weighted by molar-refractivity contribution is -0.137. The Balaban J connectivity index is 2.58. The van der Waals surface area contributed by atoms with E-state index in [4.69, 9.17) is 9.84 Å². The Morgan fingerprint density at radius 3 is 2.27 bits per heavy atom. The molecule has 86 valence electrons. The van der Waals surface area contributed by atoms with Crippen molar-refractivity contribution in [3.8, 4) is 0 Å². The van der Waals surface area contributed by atoms with Gasteiger partial charge in [0.05, 0.1) is 12.2 Å². The summed E-state index contributed by atoms with van der Waals surface area (Å²) in [5.74, 6) is 0.154. The fourth-order valence-corrected chi connectivity index (χ4v) is 1.52. The lowest BCUT2D eigenvalue weighted by Crippen LogP contribution is -2.21. The Bertz CT molecular complexity index is 265. The molecule has 1 saturated carbocycles. The lowest BCUT2D eigenvalue weighted by Gasteiger charge is -2.29. The SMILES string of the molecule is CC(C)(C)OC(CCC(=O)O)=C1CCC1. The van der Waals surface area contributed by atoms with E-state index in [-0.39, 0.29) is 12.0 Å². The standard InChI is InChI=1S/C12H20O3/c1-12(2,3)15-10(7-8-11(13)14)9-5-4-6-9/h4-8H2,1-3H3,(H,13,14). The monoisotopic (exact) mass is 212 g/mol. The molecular weight excluding hydrogens is 192 g/mol. The molecule has 1 aliphatic rings.